The van der Waals surface area contributed by atoms with Crippen LogP contribution in [0.15, 0.2) is 22.7 Å². The maximum absolute atomic E-state index is 14.0. The molecule has 0 bridgehead atoms. The minimum absolute atomic E-state index is 0.0996. The highest BCUT2D eigenvalue weighted by Crippen LogP contribution is 2.62. The molecule has 0 spiro atoms. The zero-order valence-corrected chi connectivity index (χ0v) is 11.4. The van der Waals surface area contributed by atoms with Gasteiger partial charge >= 0.3 is 6.09 Å². The lowest BCUT2D eigenvalue weighted by Gasteiger charge is -2.21. The van der Waals surface area contributed by atoms with Crippen LogP contribution >= 0.6 is 15.9 Å². The van der Waals surface area contributed by atoms with E-state index in [2.05, 4.69) is 15.9 Å². The molecule has 1 amide bonds. The Bertz CT molecular complexity index is 615. The van der Waals surface area contributed by atoms with E-state index in [0.29, 0.717) is 12.0 Å². The van der Waals surface area contributed by atoms with Crippen LogP contribution in [0.5, 0.6) is 0 Å². The van der Waals surface area contributed by atoms with Gasteiger partial charge in [0.05, 0.1) is 6.07 Å². The van der Waals surface area contributed by atoms with Crippen molar-refractivity contribution in [3.05, 3.63) is 34.1 Å². The number of amides is 1. The monoisotopic (exact) mass is 324 g/mol. The van der Waals surface area contributed by atoms with Gasteiger partial charge in [-0.3, -0.25) is 4.90 Å². The summed E-state index contributed by atoms with van der Waals surface area (Å²) in [6.45, 7) is 0.193. The van der Waals surface area contributed by atoms with Crippen molar-refractivity contribution in [2.45, 2.75) is 17.9 Å². The van der Waals surface area contributed by atoms with Crippen LogP contribution in [0.2, 0.25) is 0 Å². The number of benzene rings is 1. The summed E-state index contributed by atoms with van der Waals surface area (Å²) in [5, 5.41) is 18.2. The molecule has 2 aliphatic rings. The second-order valence-corrected chi connectivity index (χ2v) is 5.99. The lowest BCUT2D eigenvalue weighted by molar-refractivity contribution is 0.140. The van der Waals surface area contributed by atoms with Crippen LogP contribution in [0, 0.1) is 23.1 Å². The number of hydrogen-bond donors (Lipinski definition) is 1. The van der Waals surface area contributed by atoms with Gasteiger partial charge in [0.15, 0.2) is 0 Å². The largest absolute Gasteiger partial charge is 0.465 e. The van der Waals surface area contributed by atoms with Crippen molar-refractivity contribution >= 4 is 22.0 Å². The number of nitrogens with zero attached hydrogens (tertiary/aromatic N) is 2. The minimum Gasteiger partial charge on any atom is -0.465 e. The van der Waals surface area contributed by atoms with Crippen LogP contribution in [0.25, 0.3) is 0 Å². The molecule has 1 saturated carbocycles. The molecule has 1 aromatic rings. The third-order valence-electron chi connectivity index (χ3n) is 4.15. The molecular weight excluding hydrogens is 315 g/mol. The fraction of sp³-hybridized carbons (Fsp3) is 0.385. The van der Waals surface area contributed by atoms with Crippen LogP contribution in [0.1, 0.15) is 12.0 Å². The summed E-state index contributed by atoms with van der Waals surface area (Å²) < 4.78 is 14.7. The van der Waals surface area contributed by atoms with Crippen LogP contribution in [0.4, 0.5) is 9.18 Å². The summed E-state index contributed by atoms with van der Waals surface area (Å²) in [6.07, 6.45) is -0.448. The minimum atomic E-state index is -1.12. The molecule has 98 valence electrons. The Morgan fingerprint density at radius 3 is 2.95 bits per heavy atom. The maximum atomic E-state index is 14.0. The van der Waals surface area contributed by atoms with Crippen molar-refractivity contribution < 1.29 is 14.3 Å². The van der Waals surface area contributed by atoms with Gasteiger partial charge in [0.2, 0.25) is 0 Å². The fourth-order valence-corrected chi connectivity index (χ4v) is 3.53. The molecule has 3 unspecified atom stereocenters. The molecule has 19 heavy (non-hydrogen) atoms. The number of carboxylic acid groups (broad SMARTS) is 1. The fourth-order valence-electron chi connectivity index (χ4n) is 3.17. The number of piperidine rings is 1. The molecule has 1 saturated heterocycles. The zero-order valence-electron chi connectivity index (χ0n) is 9.81. The van der Waals surface area contributed by atoms with Crippen LogP contribution in [-0.4, -0.2) is 28.7 Å². The number of rotatable bonds is 1. The quantitative estimate of drug-likeness (QED) is 0.863. The summed E-state index contributed by atoms with van der Waals surface area (Å²) in [6, 6.07) is 6.02. The van der Waals surface area contributed by atoms with E-state index in [0.717, 1.165) is 9.37 Å². The highest BCUT2D eigenvalue weighted by atomic mass is 79.9. The van der Waals surface area contributed by atoms with Crippen LogP contribution in [-0.2, 0) is 5.41 Å². The lowest BCUT2D eigenvalue weighted by atomic mass is 9.94. The van der Waals surface area contributed by atoms with E-state index in [9.17, 15) is 9.18 Å². The van der Waals surface area contributed by atoms with Crippen molar-refractivity contribution in [1.82, 2.24) is 4.90 Å². The number of nitriles is 1. The molecule has 1 heterocycles. The highest BCUT2D eigenvalue weighted by molar-refractivity contribution is 9.10. The molecule has 1 N–H and O–H groups in total. The van der Waals surface area contributed by atoms with Crippen molar-refractivity contribution in [3.8, 4) is 6.07 Å². The molecule has 3 atom stereocenters. The third-order valence-corrected chi connectivity index (χ3v) is 4.64. The van der Waals surface area contributed by atoms with Gasteiger partial charge in [0, 0.05) is 22.4 Å². The second kappa shape index (κ2) is 3.94. The Morgan fingerprint density at radius 1 is 1.63 bits per heavy atom. The topological polar surface area (TPSA) is 64.3 Å². The Morgan fingerprint density at radius 2 is 2.37 bits per heavy atom. The van der Waals surface area contributed by atoms with Crippen molar-refractivity contribution in [1.29, 1.82) is 5.26 Å². The number of likely N-dealkylation sites (tertiary alicyclic amines) is 1. The SMILES string of the molecule is N#CC1C2CC2(c2cc(Br)ccc2F)CN1C(=O)O. The molecule has 1 aliphatic carbocycles. The van der Waals surface area contributed by atoms with E-state index in [-0.39, 0.29) is 18.3 Å². The molecule has 4 nitrogen and oxygen atoms in total. The Labute approximate surface area is 117 Å². The normalized spacial score (nSPS) is 31.7. The first-order valence-corrected chi connectivity index (χ1v) is 6.63. The number of fused-ring (bicyclic) bond motifs is 1. The van der Waals surface area contributed by atoms with Crippen LogP contribution in [0.3, 0.4) is 0 Å². The standard InChI is InChI=1S/C13H10BrFN2O2/c14-7-1-2-10(15)8(3-7)13-4-9(13)11(5-16)17(6-13)12(18)19/h1-3,9,11H,4,6H2,(H,18,19). The van der Waals surface area contributed by atoms with E-state index in [4.69, 9.17) is 10.4 Å². The van der Waals surface area contributed by atoms with Gasteiger partial charge in [-0.15, -0.1) is 0 Å². The molecule has 2 fully saturated rings. The molecule has 0 radical (unpaired) electrons. The number of halogens is 2. The first-order chi connectivity index (χ1) is 8.99. The van der Waals surface area contributed by atoms with E-state index >= 15 is 0 Å². The molecule has 6 heteroatoms. The van der Waals surface area contributed by atoms with E-state index in [1.807, 2.05) is 6.07 Å². The van der Waals surface area contributed by atoms with Crippen LogP contribution < -0.4 is 0 Å². The summed E-state index contributed by atoms with van der Waals surface area (Å²) in [5.74, 6) is -0.438. The predicted octanol–water partition coefficient (Wildman–Crippen LogP) is 2.73. The highest BCUT2D eigenvalue weighted by Gasteiger charge is 2.67. The van der Waals surface area contributed by atoms with Gasteiger partial charge in [0.25, 0.3) is 0 Å². The number of hydrogen-bond acceptors (Lipinski definition) is 2. The maximum Gasteiger partial charge on any atom is 0.408 e. The zero-order chi connectivity index (χ0) is 13.8. The molecular formula is C13H10BrFN2O2. The lowest BCUT2D eigenvalue weighted by Crippen LogP contribution is -2.37. The predicted molar refractivity (Wildman–Crippen MR) is 68.0 cm³/mol. The third kappa shape index (κ3) is 1.65. The summed E-state index contributed by atoms with van der Waals surface area (Å²) in [5.41, 5.74) is -0.0111. The molecule has 1 aliphatic heterocycles. The smallest absolute Gasteiger partial charge is 0.408 e. The van der Waals surface area contributed by atoms with Crippen molar-refractivity contribution in [2.75, 3.05) is 6.54 Å². The Hall–Kier alpha value is -1.61. The Kier molecular flexibility index (Phi) is 2.58. The summed E-state index contributed by atoms with van der Waals surface area (Å²) in [4.78, 5) is 12.3. The summed E-state index contributed by atoms with van der Waals surface area (Å²) in [7, 11) is 0. The van der Waals surface area contributed by atoms with E-state index < -0.39 is 17.6 Å². The van der Waals surface area contributed by atoms with Gasteiger partial charge in [-0.25, -0.2) is 9.18 Å². The van der Waals surface area contributed by atoms with E-state index in [1.165, 1.54) is 6.07 Å². The van der Waals surface area contributed by atoms with Crippen molar-refractivity contribution in [2.24, 2.45) is 5.92 Å². The number of carbonyl (C=O) groups is 1. The van der Waals surface area contributed by atoms with Gasteiger partial charge in [-0.2, -0.15) is 5.26 Å². The average molecular weight is 325 g/mol. The molecule has 1 aromatic carbocycles. The van der Waals surface area contributed by atoms with Gasteiger partial charge < -0.3 is 5.11 Å². The van der Waals surface area contributed by atoms with Gasteiger partial charge in [-0.1, -0.05) is 15.9 Å². The first kappa shape index (κ1) is 12.4. The Balaban J connectivity index is 2.02. The molecule has 3 rings (SSSR count). The first-order valence-electron chi connectivity index (χ1n) is 5.84. The second-order valence-electron chi connectivity index (χ2n) is 5.08. The van der Waals surface area contributed by atoms with Gasteiger partial charge in [-0.05, 0) is 30.2 Å². The summed E-state index contributed by atoms with van der Waals surface area (Å²) >= 11 is 3.30. The average Bonchev–Trinajstić information content (AvgIpc) is 2.99. The van der Waals surface area contributed by atoms with E-state index in [1.54, 1.807) is 12.1 Å². The van der Waals surface area contributed by atoms with Gasteiger partial charge in [0.1, 0.15) is 11.9 Å². The van der Waals surface area contributed by atoms with Crippen molar-refractivity contribution in [3.63, 3.8) is 0 Å². The molecule has 0 aromatic heterocycles.